The Kier molecular flexibility index (Phi) is 4.11. The molecular weight excluding hydrogens is 220 g/mol. The van der Waals surface area contributed by atoms with E-state index in [1.54, 1.807) is 0 Å². The van der Waals surface area contributed by atoms with Crippen LogP contribution in [0.15, 0.2) is 10.6 Å². The Hall–Kier alpha value is -1.40. The topological polar surface area (TPSA) is 70.4 Å². The summed E-state index contributed by atoms with van der Waals surface area (Å²) in [5.41, 5.74) is 0.830. The normalized spacial score (nSPS) is 17.0. The van der Waals surface area contributed by atoms with Gasteiger partial charge in [-0.1, -0.05) is 5.16 Å². The van der Waals surface area contributed by atoms with Crippen LogP contribution in [-0.2, 0) is 11.3 Å². The van der Waals surface area contributed by atoms with Crippen LogP contribution >= 0.6 is 0 Å². The molecule has 1 saturated heterocycles. The second-order valence-corrected chi connectivity index (χ2v) is 4.24. The van der Waals surface area contributed by atoms with Crippen molar-refractivity contribution in [2.24, 2.45) is 0 Å². The Bertz CT molecular complexity index is 371. The fraction of sp³-hybridized carbons (Fsp3) is 0.636. The molecular formula is C11H18N4O2. The maximum Gasteiger partial charge on any atom is 0.234 e. The van der Waals surface area contributed by atoms with Crippen molar-refractivity contribution in [3.05, 3.63) is 17.5 Å². The van der Waals surface area contributed by atoms with Crippen molar-refractivity contribution >= 4 is 5.91 Å². The van der Waals surface area contributed by atoms with E-state index in [9.17, 15) is 4.79 Å². The van der Waals surface area contributed by atoms with Crippen LogP contribution in [0.2, 0.25) is 0 Å². The summed E-state index contributed by atoms with van der Waals surface area (Å²) in [5, 5.41) is 9.84. The van der Waals surface area contributed by atoms with E-state index in [1.807, 2.05) is 13.0 Å². The predicted octanol–water partition coefficient (Wildman–Crippen LogP) is -0.496. The number of aryl methyl sites for hydroxylation is 1. The standard InChI is InChI=1S/C11H18N4O2/c1-9-6-10(17-14-9)7-13-11(16)8-15-4-2-12-3-5-15/h6,12H,2-5,7-8H2,1H3,(H,13,16). The largest absolute Gasteiger partial charge is 0.359 e. The lowest BCUT2D eigenvalue weighted by molar-refractivity contribution is -0.122. The lowest BCUT2D eigenvalue weighted by Crippen LogP contribution is -2.47. The number of hydrogen-bond donors (Lipinski definition) is 2. The summed E-state index contributed by atoms with van der Waals surface area (Å²) in [6.07, 6.45) is 0. The number of hydrogen-bond acceptors (Lipinski definition) is 5. The first kappa shape index (κ1) is 12.1. The highest BCUT2D eigenvalue weighted by Crippen LogP contribution is 2.01. The van der Waals surface area contributed by atoms with Gasteiger partial charge in [0.25, 0.3) is 0 Å². The minimum absolute atomic E-state index is 0.0287. The van der Waals surface area contributed by atoms with E-state index in [2.05, 4.69) is 20.7 Å². The quantitative estimate of drug-likeness (QED) is 0.740. The molecule has 6 nitrogen and oxygen atoms in total. The van der Waals surface area contributed by atoms with Crippen LogP contribution in [0, 0.1) is 6.92 Å². The van der Waals surface area contributed by atoms with Crippen molar-refractivity contribution in [2.75, 3.05) is 32.7 Å². The predicted molar refractivity (Wildman–Crippen MR) is 62.4 cm³/mol. The van der Waals surface area contributed by atoms with Crippen LogP contribution in [0.1, 0.15) is 11.5 Å². The lowest BCUT2D eigenvalue weighted by Gasteiger charge is -2.26. The number of aromatic nitrogens is 1. The number of piperazine rings is 1. The molecule has 6 heteroatoms. The van der Waals surface area contributed by atoms with Gasteiger partial charge in [-0.25, -0.2) is 0 Å². The molecule has 2 N–H and O–H groups in total. The SMILES string of the molecule is Cc1cc(CNC(=O)CN2CCNCC2)on1. The number of amides is 1. The highest BCUT2D eigenvalue weighted by Gasteiger charge is 2.13. The third-order valence-corrected chi connectivity index (χ3v) is 2.71. The van der Waals surface area contributed by atoms with Gasteiger partial charge >= 0.3 is 0 Å². The highest BCUT2D eigenvalue weighted by molar-refractivity contribution is 5.77. The summed E-state index contributed by atoms with van der Waals surface area (Å²) >= 11 is 0. The molecule has 94 valence electrons. The molecule has 0 spiro atoms. The van der Waals surface area contributed by atoms with Gasteiger partial charge in [0, 0.05) is 32.2 Å². The van der Waals surface area contributed by atoms with Crippen LogP contribution in [0.25, 0.3) is 0 Å². The van der Waals surface area contributed by atoms with Crippen molar-refractivity contribution in [1.29, 1.82) is 0 Å². The van der Waals surface area contributed by atoms with Gasteiger partial charge in [0.2, 0.25) is 5.91 Å². The molecule has 0 saturated carbocycles. The van der Waals surface area contributed by atoms with Crippen molar-refractivity contribution in [3.8, 4) is 0 Å². The van der Waals surface area contributed by atoms with Crippen molar-refractivity contribution in [1.82, 2.24) is 20.7 Å². The van der Waals surface area contributed by atoms with Gasteiger partial charge in [0.05, 0.1) is 18.8 Å². The number of nitrogens with zero attached hydrogens (tertiary/aromatic N) is 2. The van der Waals surface area contributed by atoms with Crippen molar-refractivity contribution < 1.29 is 9.32 Å². The molecule has 0 aromatic carbocycles. The first-order valence-corrected chi connectivity index (χ1v) is 5.86. The third kappa shape index (κ3) is 3.83. The van der Waals surface area contributed by atoms with E-state index in [-0.39, 0.29) is 5.91 Å². The fourth-order valence-electron chi connectivity index (χ4n) is 1.81. The first-order chi connectivity index (χ1) is 8.24. The number of carbonyl (C=O) groups excluding carboxylic acids is 1. The Labute approximate surface area is 100 Å². The number of carbonyl (C=O) groups is 1. The van der Waals surface area contributed by atoms with Gasteiger partial charge < -0.3 is 15.2 Å². The van der Waals surface area contributed by atoms with E-state index in [0.717, 1.165) is 31.9 Å². The molecule has 0 bridgehead atoms. The lowest BCUT2D eigenvalue weighted by atomic mass is 10.3. The monoisotopic (exact) mass is 238 g/mol. The molecule has 2 rings (SSSR count). The highest BCUT2D eigenvalue weighted by atomic mass is 16.5. The summed E-state index contributed by atoms with van der Waals surface area (Å²) in [4.78, 5) is 13.8. The van der Waals surface area contributed by atoms with Gasteiger partial charge in [-0.15, -0.1) is 0 Å². The minimum Gasteiger partial charge on any atom is -0.359 e. The molecule has 0 aliphatic carbocycles. The van der Waals surface area contributed by atoms with Gasteiger partial charge in [-0.05, 0) is 6.92 Å². The maximum atomic E-state index is 11.7. The molecule has 1 aliphatic rings. The summed E-state index contributed by atoms with van der Waals surface area (Å²) in [5.74, 6) is 0.720. The molecule has 0 radical (unpaired) electrons. The van der Waals surface area contributed by atoms with E-state index >= 15 is 0 Å². The van der Waals surface area contributed by atoms with Crippen molar-refractivity contribution in [2.45, 2.75) is 13.5 Å². The maximum absolute atomic E-state index is 11.7. The van der Waals surface area contributed by atoms with E-state index in [0.29, 0.717) is 18.8 Å². The molecule has 17 heavy (non-hydrogen) atoms. The molecule has 1 aromatic rings. The second-order valence-electron chi connectivity index (χ2n) is 4.24. The molecule has 2 heterocycles. The zero-order chi connectivity index (χ0) is 12.1. The molecule has 0 unspecified atom stereocenters. The zero-order valence-electron chi connectivity index (χ0n) is 10.0. The van der Waals surface area contributed by atoms with Crippen LogP contribution in [0.3, 0.4) is 0 Å². The van der Waals surface area contributed by atoms with E-state index in [1.165, 1.54) is 0 Å². The van der Waals surface area contributed by atoms with Crippen LogP contribution in [-0.4, -0.2) is 48.7 Å². The second kappa shape index (κ2) is 5.79. The molecule has 0 atom stereocenters. The number of rotatable bonds is 4. The fourth-order valence-corrected chi connectivity index (χ4v) is 1.81. The van der Waals surface area contributed by atoms with E-state index in [4.69, 9.17) is 4.52 Å². The Morgan fingerprint density at radius 2 is 2.35 bits per heavy atom. The molecule has 1 aliphatic heterocycles. The third-order valence-electron chi connectivity index (χ3n) is 2.71. The first-order valence-electron chi connectivity index (χ1n) is 5.86. The minimum atomic E-state index is 0.0287. The Balaban J connectivity index is 1.70. The van der Waals surface area contributed by atoms with Crippen molar-refractivity contribution in [3.63, 3.8) is 0 Å². The van der Waals surface area contributed by atoms with E-state index < -0.39 is 0 Å². The van der Waals surface area contributed by atoms with Gasteiger partial charge in [-0.2, -0.15) is 0 Å². The molecule has 1 amide bonds. The van der Waals surface area contributed by atoms with Crippen LogP contribution in [0.4, 0.5) is 0 Å². The number of nitrogens with one attached hydrogen (secondary N) is 2. The summed E-state index contributed by atoms with van der Waals surface area (Å²) in [6, 6.07) is 1.82. The summed E-state index contributed by atoms with van der Waals surface area (Å²) < 4.78 is 5.02. The average Bonchev–Trinajstić information content (AvgIpc) is 2.74. The van der Waals surface area contributed by atoms with Crippen LogP contribution < -0.4 is 10.6 Å². The molecule has 1 fully saturated rings. The summed E-state index contributed by atoms with van der Waals surface area (Å²) in [7, 11) is 0. The summed E-state index contributed by atoms with van der Waals surface area (Å²) in [6.45, 7) is 6.48. The Morgan fingerprint density at radius 3 is 3.00 bits per heavy atom. The van der Waals surface area contributed by atoms with Gasteiger partial charge in [-0.3, -0.25) is 9.69 Å². The van der Waals surface area contributed by atoms with Gasteiger partial charge in [0.1, 0.15) is 0 Å². The average molecular weight is 238 g/mol. The zero-order valence-corrected chi connectivity index (χ0v) is 10.0. The van der Waals surface area contributed by atoms with Gasteiger partial charge in [0.15, 0.2) is 5.76 Å². The van der Waals surface area contributed by atoms with Crippen LogP contribution in [0.5, 0.6) is 0 Å². The smallest absolute Gasteiger partial charge is 0.234 e. The molecule has 1 aromatic heterocycles. The Morgan fingerprint density at radius 1 is 1.59 bits per heavy atom.